The Bertz CT molecular complexity index is 294. The van der Waals surface area contributed by atoms with Gasteiger partial charge in [-0.1, -0.05) is 6.07 Å². The van der Waals surface area contributed by atoms with Crippen molar-refractivity contribution in [1.29, 1.82) is 0 Å². The van der Waals surface area contributed by atoms with E-state index in [2.05, 4.69) is 10.3 Å². The van der Waals surface area contributed by atoms with E-state index in [1.54, 1.807) is 20.3 Å². The minimum absolute atomic E-state index is 0.602. The second-order valence-corrected chi connectivity index (χ2v) is 3.10. The first-order valence-corrected chi connectivity index (χ1v) is 5.18. The third-order valence-corrected chi connectivity index (χ3v) is 1.92. The maximum Gasteiger partial charge on any atom is 0.214 e. The summed E-state index contributed by atoms with van der Waals surface area (Å²) in [4.78, 5) is 4.21. The molecule has 1 heterocycles. The average molecular weight is 226 g/mol. The minimum atomic E-state index is 0.602. The zero-order valence-electron chi connectivity index (χ0n) is 9.73. The molecular weight excluding hydrogens is 208 g/mol. The summed E-state index contributed by atoms with van der Waals surface area (Å²) in [5, 5.41) is 3.14. The number of ether oxygens (including phenoxy) is 3. The Morgan fingerprint density at radius 1 is 1.19 bits per heavy atom. The molecule has 0 fully saturated rings. The summed E-state index contributed by atoms with van der Waals surface area (Å²) >= 11 is 0. The third kappa shape index (κ3) is 4.95. The van der Waals surface area contributed by atoms with Crippen molar-refractivity contribution < 1.29 is 14.2 Å². The van der Waals surface area contributed by atoms with Crippen LogP contribution in [-0.2, 0) is 9.47 Å². The molecule has 0 aliphatic carbocycles. The van der Waals surface area contributed by atoms with E-state index in [1.165, 1.54) is 0 Å². The van der Waals surface area contributed by atoms with Gasteiger partial charge in [0.1, 0.15) is 5.82 Å². The first-order chi connectivity index (χ1) is 7.86. The topological polar surface area (TPSA) is 52.6 Å². The van der Waals surface area contributed by atoms with Crippen LogP contribution in [0, 0.1) is 0 Å². The number of nitrogens with one attached hydrogen (secondary N) is 1. The largest absolute Gasteiger partial charge is 0.481 e. The van der Waals surface area contributed by atoms with E-state index in [0.29, 0.717) is 32.2 Å². The van der Waals surface area contributed by atoms with Crippen LogP contribution in [0.15, 0.2) is 18.2 Å². The van der Waals surface area contributed by atoms with E-state index in [9.17, 15) is 0 Å². The predicted octanol–water partition coefficient (Wildman–Crippen LogP) is 1.17. The first kappa shape index (κ1) is 12.7. The zero-order valence-corrected chi connectivity index (χ0v) is 9.73. The number of methoxy groups -OCH3 is 2. The number of hydrogen-bond acceptors (Lipinski definition) is 5. The Hall–Kier alpha value is -1.33. The number of nitrogens with zero attached hydrogens (tertiary/aromatic N) is 1. The van der Waals surface area contributed by atoms with E-state index < -0.39 is 0 Å². The quantitative estimate of drug-likeness (QED) is 0.674. The van der Waals surface area contributed by atoms with Crippen LogP contribution in [0.3, 0.4) is 0 Å². The molecule has 1 N–H and O–H groups in total. The molecule has 0 bridgehead atoms. The van der Waals surface area contributed by atoms with Gasteiger partial charge in [-0.15, -0.1) is 0 Å². The van der Waals surface area contributed by atoms with Crippen LogP contribution in [0.1, 0.15) is 0 Å². The van der Waals surface area contributed by atoms with Crippen molar-refractivity contribution in [3.8, 4) is 5.88 Å². The highest BCUT2D eigenvalue weighted by Gasteiger charge is 1.96. The number of aromatic nitrogens is 1. The number of pyridine rings is 1. The Balaban J connectivity index is 2.16. The van der Waals surface area contributed by atoms with Crippen LogP contribution < -0.4 is 10.1 Å². The molecule has 0 spiro atoms. The fraction of sp³-hybridized carbons (Fsp3) is 0.545. The van der Waals surface area contributed by atoms with Crippen LogP contribution in [0.5, 0.6) is 5.88 Å². The van der Waals surface area contributed by atoms with E-state index in [1.807, 2.05) is 12.1 Å². The molecule has 5 heteroatoms. The van der Waals surface area contributed by atoms with Gasteiger partial charge < -0.3 is 19.5 Å². The fourth-order valence-corrected chi connectivity index (χ4v) is 1.12. The van der Waals surface area contributed by atoms with Gasteiger partial charge >= 0.3 is 0 Å². The molecule has 0 aliphatic heterocycles. The van der Waals surface area contributed by atoms with Crippen molar-refractivity contribution in [2.75, 3.05) is 45.9 Å². The molecule has 0 atom stereocenters. The van der Waals surface area contributed by atoms with Gasteiger partial charge in [0.15, 0.2) is 0 Å². The van der Waals surface area contributed by atoms with Crippen molar-refractivity contribution >= 4 is 5.82 Å². The lowest BCUT2D eigenvalue weighted by Gasteiger charge is -2.07. The summed E-state index contributed by atoms with van der Waals surface area (Å²) < 4.78 is 15.2. The lowest BCUT2D eigenvalue weighted by atomic mass is 10.4. The first-order valence-electron chi connectivity index (χ1n) is 5.18. The normalized spacial score (nSPS) is 10.1. The molecule has 0 aliphatic rings. The summed E-state index contributed by atoms with van der Waals surface area (Å²) in [6.45, 7) is 2.58. The number of hydrogen-bond donors (Lipinski definition) is 1. The van der Waals surface area contributed by atoms with Gasteiger partial charge in [0.25, 0.3) is 0 Å². The summed E-state index contributed by atoms with van der Waals surface area (Å²) in [5.74, 6) is 1.39. The predicted molar refractivity (Wildman–Crippen MR) is 62.0 cm³/mol. The molecule has 0 saturated heterocycles. The van der Waals surface area contributed by atoms with Crippen LogP contribution in [0.2, 0.25) is 0 Å². The fourth-order valence-electron chi connectivity index (χ4n) is 1.12. The molecule has 5 nitrogen and oxygen atoms in total. The maximum absolute atomic E-state index is 5.31. The molecular formula is C11H18N2O3. The highest BCUT2D eigenvalue weighted by Crippen LogP contribution is 2.09. The smallest absolute Gasteiger partial charge is 0.214 e. The molecule has 16 heavy (non-hydrogen) atoms. The lowest BCUT2D eigenvalue weighted by molar-refractivity contribution is 0.0759. The van der Waals surface area contributed by atoms with Crippen LogP contribution in [0.25, 0.3) is 0 Å². The van der Waals surface area contributed by atoms with Gasteiger partial charge in [0.2, 0.25) is 5.88 Å². The standard InChI is InChI=1S/C11H18N2O3/c1-14-8-9-16-7-6-12-10-4-3-5-11(13-10)15-2/h3-5H,6-9H2,1-2H3,(H,12,13). The third-order valence-electron chi connectivity index (χ3n) is 1.92. The van der Waals surface area contributed by atoms with Gasteiger partial charge in [-0.25, -0.2) is 0 Å². The van der Waals surface area contributed by atoms with E-state index in [0.717, 1.165) is 5.82 Å². The number of rotatable bonds is 8. The maximum atomic E-state index is 5.31. The molecule has 0 saturated carbocycles. The van der Waals surface area contributed by atoms with Gasteiger partial charge in [0.05, 0.1) is 26.9 Å². The van der Waals surface area contributed by atoms with Crippen molar-refractivity contribution in [2.24, 2.45) is 0 Å². The lowest BCUT2D eigenvalue weighted by Crippen LogP contribution is -2.12. The molecule has 1 aromatic heterocycles. The van der Waals surface area contributed by atoms with Gasteiger partial charge in [0, 0.05) is 19.7 Å². The summed E-state index contributed by atoms with van der Waals surface area (Å²) in [6.07, 6.45) is 0. The van der Waals surface area contributed by atoms with Gasteiger partial charge in [-0.05, 0) is 6.07 Å². The average Bonchev–Trinajstić information content (AvgIpc) is 2.34. The Kier molecular flexibility index (Phi) is 6.29. The Morgan fingerprint density at radius 2 is 2.06 bits per heavy atom. The molecule has 90 valence electrons. The molecule has 0 aromatic carbocycles. The van der Waals surface area contributed by atoms with Crippen molar-refractivity contribution in [2.45, 2.75) is 0 Å². The van der Waals surface area contributed by atoms with Gasteiger partial charge in [-0.2, -0.15) is 4.98 Å². The summed E-state index contributed by atoms with van der Waals surface area (Å²) in [7, 11) is 3.25. The highest BCUT2D eigenvalue weighted by molar-refractivity contribution is 5.36. The van der Waals surface area contributed by atoms with E-state index >= 15 is 0 Å². The summed E-state index contributed by atoms with van der Waals surface area (Å²) in [6, 6.07) is 5.58. The van der Waals surface area contributed by atoms with Gasteiger partial charge in [-0.3, -0.25) is 0 Å². The SMILES string of the molecule is COCCOCCNc1cccc(OC)n1. The van der Waals surface area contributed by atoms with E-state index in [4.69, 9.17) is 14.2 Å². The Morgan fingerprint density at radius 3 is 2.81 bits per heavy atom. The van der Waals surface area contributed by atoms with Crippen molar-refractivity contribution in [1.82, 2.24) is 4.98 Å². The molecule has 1 aromatic rings. The Labute approximate surface area is 95.7 Å². The second-order valence-electron chi connectivity index (χ2n) is 3.10. The monoisotopic (exact) mass is 226 g/mol. The molecule has 1 rings (SSSR count). The van der Waals surface area contributed by atoms with Crippen LogP contribution in [-0.4, -0.2) is 45.6 Å². The minimum Gasteiger partial charge on any atom is -0.481 e. The van der Waals surface area contributed by atoms with Crippen molar-refractivity contribution in [3.05, 3.63) is 18.2 Å². The number of anilines is 1. The van der Waals surface area contributed by atoms with E-state index in [-0.39, 0.29) is 0 Å². The molecule has 0 unspecified atom stereocenters. The zero-order chi connectivity index (χ0) is 11.6. The molecule has 0 amide bonds. The van der Waals surface area contributed by atoms with Crippen LogP contribution >= 0.6 is 0 Å². The van der Waals surface area contributed by atoms with Crippen molar-refractivity contribution in [3.63, 3.8) is 0 Å². The molecule has 0 radical (unpaired) electrons. The summed E-state index contributed by atoms with van der Waals surface area (Å²) in [5.41, 5.74) is 0. The second kappa shape index (κ2) is 7.90. The highest BCUT2D eigenvalue weighted by atomic mass is 16.5. The van der Waals surface area contributed by atoms with Crippen LogP contribution in [0.4, 0.5) is 5.82 Å².